The maximum absolute atomic E-state index is 11.5. The summed E-state index contributed by atoms with van der Waals surface area (Å²) in [6.07, 6.45) is 1.32. The van der Waals surface area contributed by atoms with E-state index in [-0.39, 0.29) is 23.0 Å². The Morgan fingerprint density at radius 1 is 1.56 bits per heavy atom. The largest absolute Gasteiger partial charge is 0.460 e. The molecule has 2 N–H and O–H groups in total. The molecule has 1 rings (SSSR count). The van der Waals surface area contributed by atoms with Gasteiger partial charge in [0, 0.05) is 6.61 Å². The van der Waals surface area contributed by atoms with Crippen LogP contribution in [0.1, 0.15) is 17.3 Å². The van der Waals surface area contributed by atoms with Crippen LogP contribution in [-0.4, -0.2) is 30.8 Å². The topological polar surface area (TPSA) is 74.4 Å². The highest BCUT2D eigenvalue weighted by molar-refractivity contribution is 6.29. The summed E-state index contributed by atoms with van der Waals surface area (Å²) in [5, 5.41) is 0.200. The highest BCUT2D eigenvalue weighted by Gasteiger charge is 2.12. The molecule has 0 saturated heterocycles. The van der Waals surface area contributed by atoms with Gasteiger partial charge < -0.3 is 15.2 Å². The number of anilines is 1. The van der Waals surface area contributed by atoms with E-state index in [0.29, 0.717) is 13.2 Å². The van der Waals surface area contributed by atoms with Gasteiger partial charge in [-0.25, -0.2) is 9.78 Å². The van der Waals surface area contributed by atoms with Crippen LogP contribution in [0, 0.1) is 0 Å². The summed E-state index contributed by atoms with van der Waals surface area (Å²) in [4.78, 5) is 15.3. The van der Waals surface area contributed by atoms with Gasteiger partial charge in [0.05, 0.1) is 24.1 Å². The lowest BCUT2D eigenvalue weighted by Gasteiger charge is -2.06. The third kappa shape index (κ3) is 3.67. The van der Waals surface area contributed by atoms with Gasteiger partial charge in [-0.05, 0) is 13.0 Å². The van der Waals surface area contributed by atoms with E-state index >= 15 is 0 Å². The molecule has 16 heavy (non-hydrogen) atoms. The van der Waals surface area contributed by atoms with Crippen molar-refractivity contribution in [3.05, 3.63) is 23.0 Å². The number of ether oxygens (including phenoxy) is 2. The average molecular weight is 245 g/mol. The number of carbonyl (C=O) groups is 1. The molecule has 6 heteroatoms. The molecule has 0 unspecified atom stereocenters. The first-order chi connectivity index (χ1) is 7.65. The highest BCUT2D eigenvalue weighted by Crippen LogP contribution is 2.15. The number of esters is 1. The van der Waals surface area contributed by atoms with Crippen LogP contribution in [0.5, 0.6) is 0 Å². The summed E-state index contributed by atoms with van der Waals surface area (Å²) < 4.78 is 9.96. The summed E-state index contributed by atoms with van der Waals surface area (Å²) in [6, 6.07) is 1.37. The molecular weight excluding hydrogens is 232 g/mol. The molecule has 88 valence electrons. The quantitative estimate of drug-likeness (QED) is 0.483. The number of rotatable bonds is 5. The maximum atomic E-state index is 11.5. The van der Waals surface area contributed by atoms with Crippen LogP contribution in [0.25, 0.3) is 0 Å². The van der Waals surface area contributed by atoms with E-state index in [1.165, 1.54) is 12.3 Å². The van der Waals surface area contributed by atoms with E-state index in [4.69, 9.17) is 26.8 Å². The Labute approximate surface area is 98.5 Å². The first kappa shape index (κ1) is 12.7. The Morgan fingerprint density at radius 2 is 2.31 bits per heavy atom. The molecule has 0 atom stereocenters. The number of hydrogen-bond donors (Lipinski definition) is 1. The van der Waals surface area contributed by atoms with Crippen molar-refractivity contribution in [3.8, 4) is 0 Å². The number of aromatic nitrogens is 1. The minimum Gasteiger partial charge on any atom is -0.460 e. The van der Waals surface area contributed by atoms with E-state index < -0.39 is 5.97 Å². The van der Waals surface area contributed by atoms with Crippen molar-refractivity contribution in [2.75, 3.05) is 25.6 Å². The summed E-state index contributed by atoms with van der Waals surface area (Å²) in [5.74, 6) is -0.526. The van der Waals surface area contributed by atoms with Crippen LogP contribution < -0.4 is 5.73 Å². The smallest absolute Gasteiger partial charge is 0.340 e. The molecule has 1 heterocycles. The van der Waals surface area contributed by atoms with E-state index in [1.54, 1.807) is 0 Å². The van der Waals surface area contributed by atoms with Crippen molar-refractivity contribution >= 4 is 23.3 Å². The number of hydrogen-bond acceptors (Lipinski definition) is 5. The average Bonchev–Trinajstić information content (AvgIpc) is 2.27. The summed E-state index contributed by atoms with van der Waals surface area (Å²) in [5.41, 5.74) is 6.03. The molecule has 0 spiro atoms. The standard InChI is InChI=1S/C10H13ClN2O3/c1-2-15-3-4-16-10(14)7-5-9(11)13-6-8(7)12/h5-6H,2-4,12H2,1H3. The third-order valence-corrected chi connectivity index (χ3v) is 1.99. The van der Waals surface area contributed by atoms with Crippen molar-refractivity contribution in [3.63, 3.8) is 0 Å². The number of pyridine rings is 1. The van der Waals surface area contributed by atoms with E-state index in [1.807, 2.05) is 6.92 Å². The predicted octanol–water partition coefficient (Wildman–Crippen LogP) is 1.51. The zero-order valence-electron chi connectivity index (χ0n) is 8.90. The molecule has 0 aliphatic rings. The summed E-state index contributed by atoms with van der Waals surface area (Å²) >= 11 is 5.65. The zero-order valence-corrected chi connectivity index (χ0v) is 9.66. The van der Waals surface area contributed by atoms with Crippen molar-refractivity contribution in [1.82, 2.24) is 4.98 Å². The molecule has 0 fully saturated rings. The number of nitrogens with two attached hydrogens (primary N) is 1. The molecule has 0 aromatic carbocycles. The number of nitrogens with zero attached hydrogens (tertiary/aromatic N) is 1. The van der Waals surface area contributed by atoms with Crippen molar-refractivity contribution in [2.45, 2.75) is 6.92 Å². The molecule has 0 aliphatic heterocycles. The van der Waals surface area contributed by atoms with Gasteiger partial charge in [0.25, 0.3) is 0 Å². The van der Waals surface area contributed by atoms with E-state index in [9.17, 15) is 4.79 Å². The fourth-order valence-corrected chi connectivity index (χ4v) is 1.19. The monoisotopic (exact) mass is 244 g/mol. The van der Waals surface area contributed by atoms with Gasteiger partial charge >= 0.3 is 5.97 Å². The Balaban J connectivity index is 2.55. The lowest BCUT2D eigenvalue weighted by atomic mass is 10.2. The number of nitrogen functional groups attached to an aromatic ring is 1. The SMILES string of the molecule is CCOCCOC(=O)c1cc(Cl)ncc1N. The van der Waals surface area contributed by atoms with Gasteiger partial charge in [-0.1, -0.05) is 11.6 Å². The molecule has 0 bridgehead atoms. The lowest BCUT2D eigenvalue weighted by molar-refractivity contribution is 0.0336. The maximum Gasteiger partial charge on any atom is 0.340 e. The Kier molecular flexibility index (Phi) is 5.01. The zero-order chi connectivity index (χ0) is 12.0. The molecule has 0 amide bonds. The predicted molar refractivity (Wildman–Crippen MR) is 60.4 cm³/mol. The minimum atomic E-state index is -0.526. The first-order valence-electron chi connectivity index (χ1n) is 4.81. The van der Waals surface area contributed by atoms with Crippen LogP contribution in [0.4, 0.5) is 5.69 Å². The van der Waals surface area contributed by atoms with Gasteiger partial charge in [0.15, 0.2) is 0 Å². The number of halogens is 1. The Bertz CT molecular complexity index is 371. The fraction of sp³-hybridized carbons (Fsp3) is 0.400. The number of carbonyl (C=O) groups excluding carboxylic acids is 1. The van der Waals surface area contributed by atoms with Crippen LogP contribution in [-0.2, 0) is 9.47 Å². The molecule has 1 aromatic rings. The van der Waals surface area contributed by atoms with Gasteiger partial charge in [-0.2, -0.15) is 0 Å². The van der Waals surface area contributed by atoms with Crippen LogP contribution in [0.3, 0.4) is 0 Å². The summed E-state index contributed by atoms with van der Waals surface area (Å²) in [6.45, 7) is 3.00. The van der Waals surface area contributed by atoms with E-state index in [2.05, 4.69) is 4.98 Å². The van der Waals surface area contributed by atoms with Gasteiger partial charge in [-0.3, -0.25) is 0 Å². The lowest BCUT2D eigenvalue weighted by Crippen LogP contribution is -2.12. The third-order valence-electron chi connectivity index (χ3n) is 1.79. The Hall–Kier alpha value is -1.33. The molecule has 0 radical (unpaired) electrons. The summed E-state index contributed by atoms with van der Waals surface area (Å²) in [7, 11) is 0. The van der Waals surface area contributed by atoms with Gasteiger partial charge in [0.2, 0.25) is 0 Å². The Morgan fingerprint density at radius 3 is 3.00 bits per heavy atom. The second kappa shape index (κ2) is 6.30. The normalized spacial score (nSPS) is 10.1. The molecule has 0 aliphatic carbocycles. The molecular formula is C10H13ClN2O3. The van der Waals surface area contributed by atoms with Crippen LogP contribution in [0.2, 0.25) is 5.15 Å². The second-order valence-corrected chi connectivity index (χ2v) is 3.31. The fourth-order valence-electron chi connectivity index (χ4n) is 1.03. The highest BCUT2D eigenvalue weighted by atomic mass is 35.5. The first-order valence-corrected chi connectivity index (χ1v) is 5.18. The van der Waals surface area contributed by atoms with Crippen molar-refractivity contribution < 1.29 is 14.3 Å². The van der Waals surface area contributed by atoms with Gasteiger partial charge in [-0.15, -0.1) is 0 Å². The van der Waals surface area contributed by atoms with Crippen molar-refractivity contribution in [2.24, 2.45) is 0 Å². The van der Waals surface area contributed by atoms with E-state index in [0.717, 1.165) is 0 Å². The van der Waals surface area contributed by atoms with Crippen molar-refractivity contribution in [1.29, 1.82) is 0 Å². The second-order valence-electron chi connectivity index (χ2n) is 2.93. The minimum absolute atomic E-state index is 0.187. The molecule has 1 aromatic heterocycles. The van der Waals surface area contributed by atoms with Crippen LogP contribution in [0.15, 0.2) is 12.3 Å². The molecule has 5 nitrogen and oxygen atoms in total. The van der Waals surface area contributed by atoms with Gasteiger partial charge in [0.1, 0.15) is 11.8 Å². The van der Waals surface area contributed by atoms with Crippen LogP contribution >= 0.6 is 11.6 Å². The molecule has 0 saturated carbocycles.